The average molecular weight is 384 g/mol. The topological polar surface area (TPSA) is 154 Å². The first-order chi connectivity index (χ1) is 13.4. The molecule has 0 aliphatic rings. The summed E-state index contributed by atoms with van der Waals surface area (Å²) in [5, 5.41) is 12.1. The first-order valence-electron chi connectivity index (χ1n) is 8.47. The molecule has 0 fully saturated rings. The van der Waals surface area contributed by atoms with Crippen LogP contribution < -0.4 is 21.5 Å². The highest BCUT2D eigenvalue weighted by Crippen LogP contribution is 2.29. The second-order valence-corrected chi connectivity index (χ2v) is 6.14. The number of carbonyl (C=O) groups excluding carboxylic acids is 2. The Labute approximate surface area is 160 Å². The molecule has 0 aliphatic heterocycles. The molecule has 9 nitrogen and oxygen atoms in total. The summed E-state index contributed by atoms with van der Waals surface area (Å²) in [4.78, 5) is 27.9. The number of furan rings is 1. The molecule has 3 aromatic rings. The fourth-order valence-corrected chi connectivity index (χ4v) is 2.74. The number of aromatic nitrogens is 1. The van der Waals surface area contributed by atoms with Crippen LogP contribution in [0, 0.1) is 6.92 Å². The van der Waals surface area contributed by atoms with Crippen molar-refractivity contribution in [2.45, 2.75) is 19.6 Å². The van der Waals surface area contributed by atoms with E-state index in [1.807, 2.05) is 0 Å². The van der Waals surface area contributed by atoms with Crippen LogP contribution in [0.1, 0.15) is 21.7 Å². The van der Waals surface area contributed by atoms with Crippen molar-refractivity contribution in [3.63, 3.8) is 0 Å². The van der Waals surface area contributed by atoms with Crippen molar-refractivity contribution >= 4 is 28.6 Å². The van der Waals surface area contributed by atoms with Crippen molar-refractivity contribution in [3.8, 4) is 5.75 Å². The van der Waals surface area contributed by atoms with E-state index >= 15 is 0 Å². The van der Waals surface area contributed by atoms with Gasteiger partial charge < -0.3 is 31.0 Å². The molecule has 2 amide bonds. The Morgan fingerprint density at radius 3 is 2.82 bits per heavy atom. The summed E-state index contributed by atoms with van der Waals surface area (Å²) >= 11 is 0. The SMILES string of the molecule is Cc1oc2ccc(OCc3cccnc3N)cc2c1C(=O)N[C@@H](CO)C(N)=O. The standard InChI is InChI=1S/C19H20N4O5/c1-10-16(19(26)23-14(8-24)18(21)25)13-7-12(4-5-15(13)28-10)27-9-11-3-2-6-22-17(11)20/h2-7,14,24H,8-9H2,1H3,(H2,20,22)(H2,21,25)(H,23,26)/t14-/m0/s1. The van der Waals surface area contributed by atoms with E-state index in [1.54, 1.807) is 43.5 Å². The molecule has 0 bridgehead atoms. The molecule has 1 aromatic carbocycles. The molecule has 6 N–H and O–H groups in total. The van der Waals surface area contributed by atoms with E-state index in [-0.39, 0.29) is 12.2 Å². The Morgan fingerprint density at radius 1 is 1.36 bits per heavy atom. The molecule has 2 aromatic heterocycles. The number of fused-ring (bicyclic) bond motifs is 1. The zero-order valence-electron chi connectivity index (χ0n) is 15.1. The van der Waals surface area contributed by atoms with Gasteiger partial charge in [-0.3, -0.25) is 9.59 Å². The number of nitrogen functional groups attached to an aromatic ring is 1. The average Bonchev–Trinajstić information content (AvgIpc) is 3.00. The predicted octanol–water partition coefficient (Wildman–Crippen LogP) is 0.873. The van der Waals surface area contributed by atoms with Crippen molar-refractivity contribution in [3.05, 3.63) is 53.4 Å². The molecule has 146 valence electrons. The van der Waals surface area contributed by atoms with Crippen LogP contribution in [0.3, 0.4) is 0 Å². The summed E-state index contributed by atoms with van der Waals surface area (Å²) in [6.07, 6.45) is 1.59. The predicted molar refractivity (Wildman–Crippen MR) is 101 cm³/mol. The molecule has 9 heteroatoms. The van der Waals surface area contributed by atoms with Gasteiger partial charge in [-0.2, -0.15) is 0 Å². The van der Waals surface area contributed by atoms with Gasteiger partial charge in [0.15, 0.2) is 0 Å². The summed E-state index contributed by atoms with van der Waals surface area (Å²) in [6, 6.07) is 7.42. The summed E-state index contributed by atoms with van der Waals surface area (Å²) in [5.41, 5.74) is 12.4. The molecule has 0 saturated heterocycles. The number of rotatable bonds is 7. The van der Waals surface area contributed by atoms with Crippen LogP contribution in [-0.2, 0) is 11.4 Å². The van der Waals surface area contributed by atoms with Crippen LogP contribution in [0.2, 0.25) is 0 Å². The van der Waals surface area contributed by atoms with Gasteiger partial charge in [0.1, 0.15) is 35.6 Å². The summed E-state index contributed by atoms with van der Waals surface area (Å²) in [7, 11) is 0. The fraction of sp³-hybridized carbons (Fsp3) is 0.211. The number of primary amides is 1. The van der Waals surface area contributed by atoms with E-state index in [2.05, 4.69) is 10.3 Å². The second-order valence-electron chi connectivity index (χ2n) is 6.14. The Hall–Kier alpha value is -3.59. The highest BCUT2D eigenvalue weighted by atomic mass is 16.5. The number of nitrogens with two attached hydrogens (primary N) is 2. The molecule has 0 unspecified atom stereocenters. The monoisotopic (exact) mass is 384 g/mol. The van der Waals surface area contributed by atoms with Gasteiger partial charge in [0.25, 0.3) is 5.91 Å². The highest BCUT2D eigenvalue weighted by Gasteiger charge is 2.23. The number of amides is 2. The Kier molecular flexibility index (Phi) is 5.46. The first-order valence-corrected chi connectivity index (χ1v) is 8.47. The zero-order valence-corrected chi connectivity index (χ0v) is 15.1. The number of pyridine rings is 1. The molecule has 0 saturated carbocycles. The van der Waals surface area contributed by atoms with Crippen LogP contribution in [0.25, 0.3) is 11.0 Å². The number of nitrogens with one attached hydrogen (secondary N) is 1. The van der Waals surface area contributed by atoms with Gasteiger partial charge in [0.05, 0.1) is 12.2 Å². The molecular formula is C19H20N4O5. The number of aliphatic hydroxyl groups is 1. The van der Waals surface area contributed by atoms with Crippen molar-refractivity contribution in [1.82, 2.24) is 10.3 Å². The minimum absolute atomic E-state index is 0.206. The molecule has 0 spiro atoms. The number of anilines is 1. The van der Waals surface area contributed by atoms with Crippen molar-refractivity contribution in [1.29, 1.82) is 0 Å². The summed E-state index contributed by atoms with van der Waals surface area (Å²) in [6.45, 7) is 1.23. The zero-order chi connectivity index (χ0) is 20.3. The van der Waals surface area contributed by atoms with Gasteiger partial charge in [-0.25, -0.2) is 4.98 Å². The van der Waals surface area contributed by atoms with Gasteiger partial charge in [0.2, 0.25) is 5.91 Å². The molecular weight excluding hydrogens is 364 g/mol. The number of aliphatic hydroxyl groups excluding tert-OH is 1. The Bertz CT molecular complexity index is 1030. The van der Waals surface area contributed by atoms with Gasteiger partial charge in [-0.1, -0.05) is 6.07 Å². The largest absolute Gasteiger partial charge is 0.489 e. The van der Waals surface area contributed by atoms with Crippen molar-refractivity contribution in [2.24, 2.45) is 5.73 Å². The minimum Gasteiger partial charge on any atom is -0.489 e. The lowest BCUT2D eigenvalue weighted by Gasteiger charge is -2.12. The molecule has 28 heavy (non-hydrogen) atoms. The van der Waals surface area contributed by atoms with Gasteiger partial charge in [-0.15, -0.1) is 0 Å². The van der Waals surface area contributed by atoms with Gasteiger partial charge in [-0.05, 0) is 31.2 Å². The van der Waals surface area contributed by atoms with E-state index in [0.29, 0.717) is 28.3 Å². The quantitative estimate of drug-likeness (QED) is 0.471. The Morgan fingerprint density at radius 2 is 2.14 bits per heavy atom. The van der Waals surface area contributed by atoms with E-state index in [9.17, 15) is 14.7 Å². The van der Waals surface area contributed by atoms with E-state index in [0.717, 1.165) is 5.56 Å². The second kappa shape index (κ2) is 7.97. The molecule has 2 heterocycles. The number of hydrogen-bond acceptors (Lipinski definition) is 7. The number of benzene rings is 1. The Balaban J connectivity index is 1.86. The third kappa shape index (κ3) is 3.89. The van der Waals surface area contributed by atoms with E-state index in [1.165, 1.54) is 0 Å². The third-order valence-corrected chi connectivity index (χ3v) is 4.21. The fourth-order valence-electron chi connectivity index (χ4n) is 2.74. The smallest absolute Gasteiger partial charge is 0.256 e. The maximum Gasteiger partial charge on any atom is 0.256 e. The highest BCUT2D eigenvalue weighted by molar-refractivity contribution is 6.08. The van der Waals surface area contributed by atoms with Crippen LogP contribution in [0.4, 0.5) is 5.82 Å². The normalized spacial score (nSPS) is 11.9. The number of aryl methyl sites for hydroxylation is 1. The van der Waals surface area contributed by atoms with Crippen molar-refractivity contribution < 1.29 is 23.8 Å². The van der Waals surface area contributed by atoms with Crippen molar-refractivity contribution in [2.75, 3.05) is 12.3 Å². The number of hydrogen-bond donors (Lipinski definition) is 4. The number of ether oxygens (including phenoxy) is 1. The van der Waals surface area contributed by atoms with E-state index < -0.39 is 24.5 Å². The third-order valence-electron chi connectivity index (χ3n) is 4.21. The van der Waals surface area contributed by atoms with Crippen LogP contribution >= 0.6 is 0 Å². The lowest BCUT2D eigenvalue weighted by Crippen LogP contribution is -2.46. The van der Waals surface area contributed by atoms with Gasteiger partial charge >= 0.3 is 0 Å². The maximum atomic E-state index is 12.6. The van der Waals surface area contributed by atoms with Crippen LogP contribution in [0.15, 0.2) is 40.9 Å². The minimum atomic E-state index is -1.19. The maximum absolute atomic E-state index is 12.6. The van der Waals surface area contributed by atoms with Crippen LogP contribution in [0.5, 0.6) is 5.75 Å². The molecule has 0 aliphatic carbocycles. The molecule has 1 atom stereocenters. The number of nitrogens with zero attached hydrogens (tertiary/aromatic N) is 1. The first kappa shape index (κ1) is 19.2. The molecule has 0 radical (unpaired) electrons. The van der Waals surface area contributed by atoms with E-state index in [4.69, 9.17) is 20.6 Å². The lowest BCUT2D eigenvalue weighted by molar-refractivity contribution is -0.120. The number of carbonyl (C=O) groups is 2. The summed E-state index contributed by atoms with van der Waals surface area (Å²) < 4.78 is 11.4. The lowest BCUT2D eigenvalue weighted by atomic mass is 10.1. The van der Waals surface area contributed by atoms with Gasteiger partial charge in [0, 0.05) is 17.1 Å². The summed E-state index contributed by atoms with van der Waals surface area (Å²) in [5.74, 6) is -0.173. The molecule has 3 rings (SSSR count). The van der Waals surface area contributed by atoms with Crippen LogP contribution in [-0.4, -0.2) is 34.6 Å².